The van der Waals surface area contributed by atoms with Crippen molar-refractivity contribution in [1.82, 2.24) is 0 Å². The Hall–Kier alpha value is -2.00. The Labute approximate surface area is 117 Å². The molecule has 0 aliphatic rings. The summed E-state index contributed by atoms with van der Waals surface area (Å²) in [4.78, 5) is 12.1. The molecule has 0 bridgehead atoms. The Kier molecular flexibility index (Phi) is 3.76. The molecule has 2 rings (SSSR count). The second-order valence-electron chi connectivity index (χ2n) is 4.48. The highest BCUT2D eigenvalue weighted by Crippen LogP contribution is 2.22. The molecule has 4 heteroatoms. The number of carbonyl (C=O) groups is 1. The molecule has 0 atom stereocenters. The zero-order valence-corrected chi connectivity index (χ0v) is 11.6. The number of benzene rings is 2. The molecule has 2 aromatic carbocycles. The molecule has 0 unspecified atom stereocenters. The van der Waals surface area contributed by atoms with Gasteiger partial charge in [0.15, 0.2) is 0 Å². The molecule has 3 N–H and O–H groups in total. The highest BCUT2D eigenvalue weighted by Gasteiger charge is 2.08. The maximum absolute atomic E-state index is 12.1. The summed E-state index contributed by atoms with van der Waals surface area (Å²) in [6.07, 6.45) is 0. The predicted octanol–water partition coefficient (Wildman–Crippen LogP) is 3.79. The lowest BCUT2D eigenvalue weighted by atomic mass is 10.1. The number of hydrogen-bond acceptors (Lipinski definition) is 2. The van der Waals surface area contributed by atoms with Crippen molar-refractivity contribution < 1.29 is 4.79 Å². The maximum atomic E-state index is 12.1. The minimum absolute atomic E-state index is 0.163. The number of halogens is 1. The topological polar surface area (TPSA) is 55.1 Å². The Bertz CT molecular complexity index is 621. The number of aryl methyl sites for hydroxylation is 2. The van der Waals surface area contributed by atoms with Gasteiger partial charge in [0, 0.05) is 22.0 Å². The molecule has 98 valence electrons. The fourth-order valence-electron chi connectivity index (χ4n) is 1.77. The van der Waals surface area contributed by atoms with Crippen LogP contribution in [0.3, 0.4) is 0 Å². The van der Waals surface area contributed by atoms with Crippen molar-refractivity contribution in [3.8, 4) is 0 Å². The SMILES string of the molecule is Cc1cc(NC(=O)c2ccc(Cl)cc2)c(C)cc1N. The van der Waals surface area contributed by atoms with E-state index in [0.717, 1.165) is 22.5 Å². The van der Waals surface area contributed by atoms with E-state index in [0.29, 0.717) is 10.6 Å². The lowest BCUT2D eigenvalue weighted by Gasteiger charge is -2.11. The van der Waals surface area contributed by atoms with Crippen LogP contribution in [0, 0.1) is 13.8 Å². The van der Waals surface area contributed by atoms with E-state index < -0.39 is 0 Å². The average Bonchev–Trinajstić information content (AvgIpc) is 2.36. The zero-order chi connectivity index (χ0) is 14.0. The van der Waals surface area contributed by atoms with Gasteiger partial charge >= 0.3 is 0 Å². The van der Waals surface area contributed by atoms with Gasteiger partial charge in [-0.25, -0.2) is 0 Å². The zero-order valence-electron chi connectivity index (χ0n) is 10.8. The van der Waals surface area contributed by atoms with Crippen LogP contribution >= 0.6 is 11.6 Å². The first-order chi connectivity index (χ1) is 8.97. The monoisotopic (exact) mass is 274 g/mol. The van der Waals surface area contributed by atoms with Crippen molar-refractivity contribution in [3.63, 3.8) is 0 Å². The van der Waals surface area contributed by atoms with E-state index in [1.54, 1.807) is 24.3 Å². The molecule has 0 aliphatic heterocycles. The number of carbonyl (C=O) groups excluding carboxylic acids is 1. The molecule has 0 saturated heterocycles. The largest absolute Gasteiger partial charge is 0.399 e. The number of amides is 1. The highest BCUT2D eigenvalue weighted by atomic mass is 35.5. The Balaban J connectivity index is 2.24. The maximum Gasteiger partial charge on any atom is 0.255 e. The Morgan fingerprint density at radius 1 is 1.11 bits per heavy atom. The lowest BCUT2D eigenvalue weighted by Crippen LogP contribution is -2.13. The number of nitrogen functional groups attached to an aromatic ring is 1. The van der Waals surface area contributed by atoms with Crippen LogP contribution in [0.1, 0.15) is 21.5 Å². The van der Waals surface area contributed by atoms with Gasteiger partial charge in [-0.15, -0.1) is 0 Å². The number of nitrogens with two attached hydrogens (primary N) is 1. The summed E-state index contributed by atoms with van der Waals surface area (Å²) >= 11 is 5.79. The van der Waals surface area contributed by atoms with Crippen LogP contribution < -0.4 is 11.1 Å². The van der Waals surface area contributed by atoms with Gasteiger partial charge in [-0.2, -0.15) is 0 Å². The van der Waals surface area contributed by atoms with E-state index in [4.69, 9.17) is 17.3 Å². The molecule has 0 heterocycles. The van der Waals surface area contributed by atoms with Gasteiger partial charge in [-0.05, 0) is 61.4 Å². The van der Waals surface area contributed by atoms with Crippen molar-refractivity contribution in [1.29, 1.82) is 0 Å². The van der Waals surface area contributed by atoms with Crippen molar-refractivity contribution in [2.75, 3.05) is 11.1 Å². The summed E-state index contributed by atoms with van der Waals surface area (Å²) < 4.78 is 0. The molecule has 0 radical (unpaired) electrons. The van der Waals surface area contributed by atoms with E-state index in [9.17, 15) is 4.79 Å². The first-order valence-electron chi connectivity index (χ1n) is 5.91. The lowest BCUT2D eigenvalue weighted by molar-refractivity contribution is 0.102. The van der Waals surface area contributed by atoms with Crippen LogP contribution in [0.25, 0.3) is 0 Å². The Morgan fingerprint density at radius 2 is 1.74 bits per heavy atom. The third kappa shape index (κ3) is 3.06. The molecule has 19 heavy (non-hydrogen) atoms. The van der Waals surface area contributed by atoms with E-state index in [1.165, 1.54) is 0 Å². The van der Waals surface area contributed by atoms with Crippen LogP contribution in [0.2, 0.25) is 5.02 Å². The van der Waals surface area contributed by atoms with E-state index in [1.807, 2.05) is 26.0 Å². The van der Waals surface area contributed by atoms with Crippen molar-refractivity contribution in [3.05, 3.63) is 58.1 Å². The molecule has 3 nitrogen and oxygen atoms in total. The first-order valence-corrected chi connectivity index (χ1v) is 6.29. The third-order valence-corrected chi connectivity index (χ3v) is 3.22. The van der Waals surface area contributed by atoms with Crippen LogP contribution in [0.15, 0.2) is 36.4 Å². The van der Waals surface area contributed by atoms with E-state index in [2.05, 4.69) is 5.32 Å². The van der Waals surface area contributed by atoms with Gasteiger partial charge < -0.3 is 11.1 Å². The number of hydrogen-bond donors (Lipinski definition) is 2. The second-order valence-corrected chi connectivity index (χ2v) is 4.92. The van der Waals surface area contributed by atoms with Gasteiger partial charge in [0.2, 0.25) is 0 Å². The molecule has 2 aromatic rings. The summed E-state index contributed by atoms with van der Waals surface area (Å²) in [7, 11) is 0. The normalized spacial score (nSPS) is 10.3. The molecule has 0 spiro atoms. The molecule has 0 aliphatic carbocycles. The summed E-state index contributed by atoms with van der Waals surface area (Å²) in [6.45, 7) is 3.82. The average molecular weight is 275 g/mol. The number of nitrogens with one attached hydrogen (secondary N) is 1. The van der Waals surface area contributed by atoms with Crippen molar-refractivity contribution in [2.24, 2.45) is 0 Å². The van der Waals surface area contributed by atoms with E-state index >= 15 is 0 Å². The summed E-state index contributed by atoms with van der Waals surface area (Å²) in [6, 6.07) is 10.5. The first kappa shape index (κ1) is 13.4. The highest BCUT2D eigenvalue weighted by molar-refractivity contribution is 6.30. The van der Waals surface area contributed by atoms with Gasteiger partial charge in [0.25, 0.3) is 5.91 Å². The molecular formula is C15H15ClN2O. The van der Waals surface area contributed by atoms with Gasteiger partial charge in [-0.1, -0.05) is 11.6 Å². The fourth-order valence-corrected chi connectivity index (χ4v) is 1.89. The third-order valence-electron chi connectivity index (χ3n) is 2.97. The van der Waals surface area contributed by atoms with Crippen LogP contribution in [0.4, 0.5) is 11.4 Å². The molecule has 0 saturated carbocycles. The summed E-state index contributed by atoms with van der Waals surface area (Å²) in [5.41, 5.74) is 9.76. The van der Waals surface area contributed by atoms with E-state index in [-0.39, 0.29) is 5.91 Å². The summed E-state index contributed by atoms with van der Waals surface area (Å²) in [5, 5.41) is 3.48. The predicted molar refractivity (Wildman–Crippen MR) is 79.7 cm³/mol. The van der Waals surface area contributed by atoms with Crippen LogP contribution in [-0.4, -0.2) is 5.91 Å². The molecule has 1 amide bonds. The fraction of sp³-hybridized carbons (Fsp3) is 0.133. The van der Waals surface area contributed by atoms with Gasteiger partial charge in [-0.3, -0.25) is 4.79 Å². The molecule has 0 aromatic heterocycles. The van der Waals surface area contributed by atoms with Crippen molar-refractivity contribution in [2.45, 2.75) is 13.8 Å². The molecule has 0 fully saturated rings. The minimum Gasteiger partial charge on any atom is -0.399 e. The standard InChI is InChI=1S/C15H15ClN2O/c1-9-8-14(10(2)7-13(9)17)18-15(19)11-3-5-12(16)6-4-11/h3-8H,17H2,1-2H3,(H,18,19). The van der Waals surface area contributed by atoms with Crippen LogP contribution in [0.5, 0.6) is 0 Å². The quantitative estimate of drug-likeness (QED) is 0.819. The van der Waals surface area contributed by atoms with Gasteiger partial charge in [0.1, 0.15) is 0 Å². The second kappa shape index (κ2) is 5.33. The Morgan fingerprint density at radius 3 is 2.37 bits per heavy atom. The number of rotatable bonds is 2. The molecular weight excluding hydrogens is 260 g/mol. The van der Waals surface area contributed by atoms with Crippen LogP contribution in [-0.2, 0) is 0 Å². The smallest absolute Gasteiger partial charge is 0.255 e. The minimum atomic E-state index is -0.163. The number of anilines is 2. The van der Waals surface area contributed by atoms with Gasteiger partial charge in [0.05, 0.1) is 0 Å². The summed E-state index contributed by atoms with van der Waals surface area (Å²) in [5.74, 6) is -0.163. The van der Waals surface area contributed by atoms with Crippen molar-refractivity contribution >= 4 is 28.9 Å².